The maximum Gasteiger partial charge on any atom is 0.449 e. The topological polar surface area (TPSA) is 24.4 Å². The van der Waals surface area contributed by atoms with E-state index < -0.39 is 12.0 Å². The van der Waals surface area contributed by atoms with Crippen molar-refractivity contribution in [2.24, 2.45) is 4.99 Å². The molecule has 0 bridgehead atoms. The van der Waals surface area contributed by atoms with Crippen molar-refractivity contribution in [3.05, 3.63) is 58.7 Å². The minimum absolute atomic E-state index is 0.0566. The number of halogens is 3. The standard InChI is InChI=1S/C26H35F3N2/c1-15(2)19-11-9-12-20(16(3)4)23(19)30-25(26(27,28)29)31-24-21(17(5)6)13-10-14-22(24)18(7)8/h9-18H,1-8H3,(H,30,31). The van der Waals surface area contributed by atoms with E-state index in [0.29, 0.717) is 11.4 Å². The summed E-state index contributed by atoms with van der Waals surface area (Å²) in [5.74, 6) is -0.713. The summed E-state index contributed by atoms with van der Waals surface area (Å²) in [6, 6.07) is 11.3. The number of hydrogen-bond donors (Lipinski definition) is 1. The minimum atomic E-state index is -4.61. The first-order chi connectivity index (χ1) is 14.3. The molecule has 0 aliphatic heterocycles. The Balaban J connectivity index is 2.76. The number of aliphatic imine (C=N–C) groups is 1. The molecule has 0 aliphatic carbocycles. The van der Waals surface area contributed by atoms with E-state index in [2.05, 4.69) is 10.3 Å². The summed E-state index contributed by atoms with van der Waals surface area (Å²) in [5.41, 5.74) is 4.26. The van der Waals surface area contributed by atoms with E-state index in [0.717, 1.165) is 22.3 Å². The summed E-state index contributed by atoms with van der Waals surface area (Å²) >= 11 is 0. The van der Waals surface area contributed by atoms with Gasteiger partial charge in [0.25, 0.3) is 0 Å². The van der Waals surface area contributed by atoms with Gasteiger partial charge in [-0.3, -0.25) is 0 Å². The zero-order chi connectivity index (χ0) is 23.5. The normalized spacial score (nSPS) is 13.1. The maximum absolute atomic E-state index is 14.2. The summed E-state index contributed by atoms with van der Waals surface area (Å²) in [7, 11) is 0. The third-order valence-corrected chi connectivity index (χ3v) is 5.45. The summed E-state index contributed by atoms with van der Waals surface area (Å²) in [6.07, 6.45) is -4.61. The Morgan fingerprint density at radius 3 is 1.35 bits per heavy atom. The van der Waals surface area contributed by atoms with Crippen molar-refractivity contribution in [3.63, 3.8) is 0 Å². The molecule has 0 heterocycles. The fraction of sp³-hybridized carbons (Fsp3) is 0.500. The molecule has 2 aromatic carbocycles. The van der Waals surface area contributed by atoms with Crippen LogP contribution >= 0.6 is 0 Å². The molecule has 0 radical (unpaired) electrons. The number of nitrogens with one attached hydrogen (secondary N) is 1. The van der Waals surface area contributed by atoms with Crippen LogP contribution in [-0.2, 0) is 0 Å². The Morgan fingerprint density at radius 2 is 1.03 bits per heavy atom. The van der Waals surface area contributed by atoms with Gasteiger partial charge in [0.15, 0.2) is 0 Å². The number of hydrogen-bond acceptors (Lipinski definition) is 1. The maximum atomic E-state index is 14.2. The summed E-state index contributed by atoms with van der Waals surface area (Å²) in [5, 5.41) is 2.72. The zero-order valence-corrected chi connectivity index (χ0v) is 19.9. The third kappa shape index (κ3) is 5.90. The van der Waals surface area contributed by atoms with Crippen molar-refractivity contribution in [3.8, 4) is 0 Å². The summed E-state index contributed by atoms with van der Waals surface area (Å²) in [6.45, 7) is 15.8. The van der Waals surface area contributed by atoms with Gasteiger partial charge in [0, 0.05) is 5.69 Å². The van der Waals surface area contributed by atoms with Crippen LogP contribution in [-0.4, -0.2) is 12.0 Å². The summed E-state index contributed by atoms with van der Waals surface area (Å²) in [4.78, 5) is 4.25. The largest absolute Gasteiger partial charge is 0.449 e. The van der Waals surface area contributed by atoms with E-state index in [-0.39, 0.29) is 23.7 Å². The van der Waals surface area contributed by atoms with E-state index in [4.69, 9.17) is 0 Å². The minimum Gasteiger partial charge on any atom is -0.336 e. The highest BCUT2D eigenvalue weighted by Gasteiger charge is 2.38. The highest BCUT2D eigenvalue weighted by molar-refractivity contribution is 6.02. The SMILES string of the molecule is CC(C)c1cccc(C(C)C)c1N=C(Nc1c(C(C)C)cccc1C(C)C)C(F)(F)F. The third-order valence-electron chi connectivity index (χ3n) is 5.45. The van der Waals surface area contributed by atoms with Crippen LogP contribution in [0.25, 0.3) is 0 Å². The van der Waals surface area contributed by atoms with Crippen LogP contribution < -0.4 is 5.32 Å². The second-order valence-electron chi connectivity index (χ2n) is 9.30. The number of benzene rings is 2. The Labute approximate surface area is 185 Å². The van der Waals surface area contributed by atoms with Gasteiger partial charge in [-0.05, 0) is 45.9 Å². The lowest BCUT2D eigenvalue weighted by molar-refractivity contribution is -0.0586. The molecule has 0 spiro atoms. The van der Waals surface area contributed by atoms with Gasteiger partial charge in [-0.25, -0.2) is 4.99 Å². The molecule has 0 amide bonds. The lowest BCUT2D eigenvalue weighted by Crippen LogP contribution is -2.31. The smallest absolute Gasteiger partial charge is 0.336 e. The van der Waals surface area contributed by atoms with Crippen molar-refractivity contribution >= 4 is 17.2 Å². The molecule has 2 nitrogen and oxygen atoms in total. The molecule has 31 heavy (non-hydrogen) atoms. The predicted molar refractivity (Wildman–Crippen MR) is 126 cm³/mol. The van der Waals surface area contributed by atoms with Crippen LogP contribution in [0.5, 0.6) is 0 Å². The van der Waals surface area contributed by atoms with Gasteiger partial charge in [0.1, 0.15) is 0 Å². The second-order valence-corrected chi connectivity index (χ2v) is 9.30. The van der Waals surface area contributed by atoms with E-state index >= 15 is 0 Å². The Hall–Kier alpha value is -2.30. The average molecular weight is 433 g/mol. The van der Waals surface area contributed by atoms with Crippen LogP contribution in [0.15, 0.2) is 41.4 Å². The van der Waals surface area contributed by atoms with Gasteiger partial charge < -0.3 is 5.32 Å². The van der Waals surface area contributed by atoms with Gasteiger partial charge in [-0.1, -0.05) is 91.8 Å². The molecular weight excluding hydrogens is 397 g/mol. The fourth-order valence-electron chi connectivity index (χ4n) is 3.73. The van der Waals surface area contributed by atoms with Crippen molar-refractivity contribution < 1.29 is 13.2 Å². The summed E-state index contributed by atoms with van der Waals surface area (Å²) < 4.78 is 42.7. The van der Waals surface area contributed by atoms with Crippen LogP contribution in [0.3, 0.4) is 0 Å². The van der Waals surface area contributed by atoms with Crippen LogP contribution in [0, 0.1) is 0 Å². The molecule has 2 aromatic rings. The monoisotopic (exact) mass is 432 g/mol. The molecule has 0 aliphatic rings. The predicted octanol–water partition coefficient (Wildman–Crippen LogP) is 8.88. The van der Waals surface area contributed by atoms with Crippen molar-refractivity contribution in [2.75, 3.05) is 5.32 Å². The lowest BCUT2D eigenvalue weighted by Gasteiger charge is -2.23. The first-order valence-electron chi connectivity index (χ1n) is 11.0. The number of para-hydroxylation sites is 2. The van der Waals surface area contributed by atoms with E-state index in [1.54, 1.807) is 0 Å². The van der Waals surface area contributed by atoms with Gasteiger partial charge >= 0.3 is 6.18 Å². The Morgan fingerprint density at radius 1 is 0.677 bits per heavy atom. The van der Waals surface area contributed by atoms with E-state index in [1.807, 2.05) is 91.8 Å². The highest BCUT2D eigenvalue weighted by atomic mass is 19.4. The number of rotatable bonds is 6. The average Bonchev–Trinajstić information content (AvgIpc) is 2.66. The van der Waals surface area contributed by atoms with Gasteiger partial charge in [0.05, 0.1) is 5.69 Å². The van der Waals surface area contributed by atoms with Crippen molar-refractivity contribution in [2.45, 2.75) is 85.2 Å². The lowest BCUT2D eigenvalue weighted by atomic mass is 9.92. The molecule has 0 aromatic heterocycles. The van der Waals surface area contributed by atoms with Crippen molar-refractivity contribution in [1.82, 2.24) is 0 Å². The molecule has 2 rings (SSSR count). The molecule has 5 heteroatoms. The second kappa shape index (κ2) is 9.88. The molecule has 0 atom stereocenters. The quantitative estimate of drug-likeness (QED) is 0.358. The molecule has 0 saturated heterocycles. The van der Waals surface area contributed by atoms with Crippen LogP contribution in [0.4, 0.5) is 24.5 Å². The molecule has 0 fully saturated rings. The van der Waals surface area contributed by atoms with Gasteiger partial charge in [-0.2, -0.15) is 13.2 Å². The Bertz CT molecular complexity index is 870. The number of amidine groups is 1. The fourth-order valence-corrected chi connectivity index (χ4v) is 3.73. The molecule has 0 unspecified atom stereocenters. The molecule has 170 valence electrons. The first kappa shape index (κ1) is 25.0. The van der Waals surface area contributed by atoms with E-state index in [1.165, 1.54) is 0 Å². The molecule has 0 saturated carbocycles. The molecular formula is C26H35F3N2. The Kier molecular flexibility index (Phi) is 7.96. The zero-order valence-electron chi connectivity index (χ0n) is 19.9. The molecule has 1 N–H and O–H groups in total. The number of anilines is 1. The first-order valence-corrected chi connectivity index (χ1v) is 11.0. The van der Waals surface area contributed by atoms with Crippen LogP contribution in [0.1, 0.15) is 101 Å². The number of alkyl halides is 3. The highest BCUT2D eigenvalue weighted by Crippen LogP contribution is 2.38. The van der Waals surface area contributed by atoms with Crippen molar-refractivity contribution in [1.29, 1.82) is 0 Å². The van der Waals surface area contributed by atoms with E-state index in [9.17, 15) is 13.2 Å². The van der Waals surface area contributed by atoms with Gasteiger partial charge in [0.2, 0.25) is 5.84 Å². The van der Waals surface area contributed by atoms with Gasteiger partial charge in [-0.15, -0.1) is 0 Å². The number of nitrogens with zero attached hydrogens (tertiary/aromatic N) is 1. The van der Waals surface area contributed by atoms with Crippen LogP contribution in [0.2, 0.25) is 0 Å².